The van der Waals surface area contributed by atoms with E-state index in [1.807, 2.05) is 12.1 Å². The average molecular weight is 468 g/mol. The van der Waals surface area contributed by atoms with Gasteiger partial charge >= 0.3 is 0 Å². The largest absolute Gasteiger partial charge is 0.494 e. The lowest BCUT2D eigenvalue weighted by Crippen LogP contribution is -2.36. The molecule has 2 saturated heterocycles. The maximum Gasteiger partial charge on any atom is 0.257 e. The van der Waals surface area contributed by atoms with E-state index in [2.05, 4.69) is 26.2 Å². The van der Waals surface area contributed by atoms with Gasteiger partial charge in [-0.2, -0.15) is 0 Å². The van der Waals surface area contributed by atoms with Crippen LogP contribution in [0.5, 0.6) is 5.75 Å². The molecule has 0 bridgehead atoms. The molecule has 1 aromatic carbocycles. The molecule has 1 amide bonds. The van der Waals surface area contributed by atoms with Crippen molar-refractivity contribution in [3.63, 3.8) is 0 Å². The van der Waals surface area contributed by atoms with Crippen LogP contribution in [0.1, 0.15) is 35.3 Å². The molecule has 5 rings (SSSR count). The quantitative estimate of drug-likeness (QED) is 0.591. The third-order valence-corrected chi connectivity index (χ3v) is 7.18. The van der Waals surface area contributed by atoms with E-state index in [9.17, 15) is 4.79 Å². The zero-order chi connectivity index (χ0) is 22.6. The predicted molar refractivity (Wildman–Crippen MR) is 131 cm³/mol. The second kappa shape index (κ2) is 10.0. The minimum absolute atomic E-state index is 0.178. The number of thiazole rings is 1. The number of pyridine rings is 1. The molecule has 0 saturated carbocycles. The molecule has 9 heteroatoms. The first-order valence-corrected chi connectivity index (χ1v) is 12.3. The number of hydrogen-bond acceptors (Lipinski definition) is 8. The Morgan fingerprint density at radius 3 is 2.76 bits per heavy atom. The number of hydrogen-bond donors (Lipinski definition) is 1. The van der Waals surface area contributed by atoms with Gasteiger partial charge in [0.1, 0.15) is 11.3 Å². The fourth-order valence-corrected chi connectivity index (χ4v) is 5.48. The fourth-order valence-electron chi connectivity index (χ4n) is 4.46. The van der Waals surface area contributed by atoms with E-state index >= 15 is 0 Å². The molecule has 0 radical (unpaired) electrons. The summed E-state index contributed by atoms with van der Waals surface area (Å²) in [6.07, 6.45) is 5.47. The van der Waals surface area contributed by atoms with E-state index in [4.69, 9.17) is 14.5 Å². The summed E-state index contributed by atoms with van der Waals surface area (Å²) in [5.74, 6) is 0.523. The van der Waals surface area contributed by atoms with Crippen molar-refractivity contribution >= 4 is 38.3 Å². The van der Waals surface area contributed by atoms with E-state index in [-0.39, 0.29) is 5.91 Å². The third kappa shape index (κ3) is 4.95. The SMILES string of the molecule is COc1ccc(N2CCOCC2)c2sc(NC(=O)c3ccnc(CN4CCCCC4)c3)nc12. The number of carbonyl (C=O) groups excluding carboxylic acids is 1. The number of anilines is 2. The summed E-state index contributed by atoms with van der Waals surface area (Å²) in [5.41, 5.74) is 3.38. The highest BCUT2D eigenvalue weighted by atomic mass is 32.1. The first-order valence-electron chi connectivity index (χ1n) is 11.5. The van der Waals surface area contributed by atoms with Crippen LogP contribution in [0.25, 0.3) is 10.2 Å². The van der Waals surface area contributed by atoms with Gasteiger partial charge in [0, 0.05) is 31.4 Å². The minimum atomic E-state index is -0.178. The Bertz CT molecular complexity index is 1120. The molecule has 33 heavy (non-hydrogen) atoms. The number of aromatic nitrogens is 2. The highest BCUT2D eigenvalue weighted by molar-refractivity contribution is 7.23. The standard InChI is InChI=1S/C24H29N5O3S/c1-31-20-6-5-19(29-11-13-32-14-12-29)22-21(20)26-24(33-22)27-23(30)17-7-8-25-18(15-17)16-28-9-3-2-4-10-28/h5-8,15H,2-4,9-14,16H2,1H3,(H,26,27,30). The van der Waals surface area contributed by atoms with Gasteiger partial charge in [-0.25, -0.2) is 4.98 Å². The van der Waals surface area contributed by atoms with Crippen LogP contribution in [0.3, 0.4) is 0 Å². The van der Waals surface area contributed by atoms with Crippen molar-refractivity contribution < 1.29 is 14.3 Å². The molecule has 1 N–H and O–H groups in total. The van der Waals surface area contributed by atoms with E-state index < -0.39 is 0 Å². The number of morpholine rings is 1. The number of benzene rings is 1. The zero-order valence-corrected chi connectivity index (χ0v) is 19.7. The van der Waals surface area contributed by atoms with Crippen molar-refractivity contribution in [3.8, 4) is 5.75 Å². The zero-order valence-electron chi connectivity index (χ0n) is 18.9. The number of nitrogens with one attached hydrogen (secondary N) is 1. The van der Waals surface area contributed by atoms with Gasteiger partial charge in [0.15, 0.2) is 5.13 Å². The molecule has 2 fully saturated rings. The monoisotopic (exact) mass is 467 g/mol. The topological polar surface area (TPSA) is 79.8 Å². The van der Waals surface area contributed by atoms with Gasteiger partial charge in [0.25, 0.3) is 5.91 Å². The Labute approximate surface area is 197 Å². The van der Waals surface area contributed by atoms with Crippen LogP contribution in [-0.2, 0) is 11.3 Å². The predicted octanol–water partition coefficient (Wildman–Crippen LogP) is 3.77. The smallest absolute Gasteiger partial charge is 0.257 e. The van der Waals surface area contributed by atoms with Gasteiger partial charge in [-0.1, -0.05) is 17.8 Å². The molecule has 8 nitrogen and oxygen atoms in total. The van der Waals surface area contributed by atoms with Crippen LogP contribution in [0.2, 0.25) is 0 Å². The summed E-state index contributed by atoms with van der Waals surface area (Å²) >= 11 is 1.47. The van der Waals surface area contributed by atoms with Gasteiger partial charge in [-0.15, -0.1) is 0 Å². The molecule has 2 aromatic heterocycles. The molecule has 3 aromatic rings. The van der Waals surface area contributed by atoms with E-state index in [0.717, 1.165) is 54.3 Å². The number of amides is 1. The molecule has 174 valence electrons. The molecule has 2 aliphatic heterocycles. The maximum atomic E-state index is 13.0. The summed E-state index contributed by atoms with van der Waals surface area (Å²) < 4.78 is 12.0. The summed E-state index contributed by atoms with van der Waals surface area (Å²) in [7, 11) is 1.64. The lowest BCUT2D eigenvalue weighted by molar-refractivity contribution is 0.102. The molecule has 0 aliphatic carbocycles. The van der Waals surface area contributed by atoms with Crippen molar-refractivity contribution in [1.82, 2.24) is 14.9 Å². The lowest BCUT2D eigenvalue weighted by atomic mass is 10.1. The highest BCUT2D eigenvalue weighted by Gasteiger charge is 2.20. The second-order valence-corrected chi connectivity index (χ2v) is 9.41. The number of fused-ring (bicyclic) bond motifs is 1. The van der Waals surface area contributed by atoms with Crippen molar-refractivity contribution in [3.05, 3.63) is 41.7 Å². The Morgan fingerprint density at radius 1 is 1.15 bits per heavy atom. The molecule has 4 heterocycles. The molecular formula is C24H29N5O3S. The van der Waals surface area contributed by atoms with Crippen molar-refractivity contribution in [2.24, 2.45) is 0 Å². The van der Waals surface area contributed by atoms with Crippen molar-refractivity contribution in [2.75, 3.05) is 56.7 Å². The summed E-state index contributed by atoms with van der Waals surface area (Å²) in [6, 6.07) is 7.64. The Balaban J connectivity index is 1.36. The normalized spacial score (nSPS) is 17.3. The average Bonchev–Trinajstić information content (AvgIpc) is 3.28. The Hall–Kier alpha value is -2.75. The number of carbonyl (C=O) groups is 1. The maximum absolute atomic E-state index is 13.0. The lowest BCUT2D eigenvalue weighted by Gasteiger charge is -2.29. The highest BCUT2D eigenvalue weighted by Crippen LogP contribution is 2.39. The number of ether oxygens (including phenoxy) is 2. The van der Waals surface area contributed by atoms with Crippen molar-refractivity contribution in [1.29, 1.82) is 0 Å². The molecule has 0 unspecified atom stereocenters. The summed E-state index contributed by atoms with van der Waals surface area (Å²) in [5, 5.41) is 3.55. The molecular weight excluding hydrogens is 438 g/mol. The van der Waals surface area contributed by atoms with Crippen LogP contribution in [0.4, 0.5) is 10.8 Å². The number of rotatable bonds is 6. The van der Waals surface area contributed by atoms with Gasteiger partial charge < -0.3 is 14.4 Å². The number of piperidine rings is 1. The first kappa shape index (κ1) is 22.1. The first-order chi connectivity index (χ1) is 16.2. The van der Waals surface area contributed by atoms with Crippen LogP contribution in [0, 0.1) is 0 Å². The van der Waals surface area contributed by atoms with Gasteiger partial charge in [0.2, 0.25) is 0 Å². The van der Waals surface area contributed by atoms with Gasteiger partial charge in [-0.05, 0) is 50.2 Å². The number of nitrogens with zero attached hydrogens (tertiary/aromatic N) is 4. The second-order valence-electron chi connectivity index (χ2n) is 8.41. The molecule has 0 spiro atoms. The van der Waals surface area contributed by atoms with E-state index in [1.54, 1.807) is 19.4 Å². The molecule has 0 atom stereocenters. The van der Waals surface area contributed by atoms with Gasteiger partial charge in [0.05, 0.1) is 36.4 Å². The molecule has 2 aliphatic rings. The summed E-state index contributed by atoms with van der Waals surface area (Å²) in [4.78, 5) is 26.9. The van der Waals surface area contributed by atoms with Crippen LogP contribution in [-0.4, -0.2) is 67.3 Å². The third-order valence-electron chi connectivity index (χ3n) is 6.19. The summed E-state index contributed by atoms with van der Waals surface area (Å²) in [6.45, 7) is 6.04. The minimum Gasteiger partial charge on any atom is -0.494 e. The number of likely N-dealkylation sites (tertiary alicyclic amines) is 1. The fraction of sp³-hybridized carbons (Fsp3) is 0.458. The Kier molecular flexibility index (Phi) is 6.70. The Morgan fingerprint density at radius 2 is 1.97 bits per heavy atom. The van der Waals surface area contributed by atoms with Crippen LogP contribution < -0.4 is 15.0 Å². The van der Waals surface area contributed by atoms with Crippen LogP contribution >= 0.6 is 11.3 Å². The number of methoxy groups -OCH3 is 1. The van der Waals surface area contributed by atoms with Crippen LogP contribution in [0.15, 0.2) is 30.5 Å². The van der Waals surface area contributed by atoms with Gasteiger partial charge in [-0.3, -0.25) is 20.0 Å². The van der Waals surface area contributed by atoms with E-state index in [0.29, 0.717) is 29.7 Å². The van der Waals surface area contributed by atoms with E-state index in [1.165, 1.54) is 30.6 Å². The van der Waals surface area contributed by atoms with Crippen molar-refractivity contribution in [2.45, 2.75) is 25.8 Å².